The van der Waals surface area contributed by atoms with Crippen molar-refractivity contribution >= 4 is 5.91 Å². The lowest BCUT2D eigenvalue weighted by Gasteiger charge is -2.36. The molecule has 4 heteroatoms. The first-order chi connectivity index (χ1) is 9.54. The monoisotopic (exact) mass is 284 g/mol. The van der Waals surface area contributed by atoms with E-state index in [9.17, 15) is 9.90 Å². The Morgan fingerprint density at radius 2 is 2.00 bits per heavy atom. The highest BCUT2D eigenvalue weighted by Gasteiger charge is 2.32. The van der Waals surface area contributed by atoms with Crippen LogP contribution >= 0.6 is 0 Å². The molecule has 1 aliphatic rings. The van der Waals surface area contributed by atoms with Crippen molar-refractivity contribution in [2.24, 2.45) is 17.6 Å². The van der Waals surface area contributed by atoms with Gasteiger partial charge in [-0.05, 0) is 38.0 Å². The third-order valence-corrected chi connectivity index (χ3v) is 4.86. The molecule has 3 atom stereocenters. The maximum atomic E-state index is 12.8. The molecule has 0 aliphatic heterocycles. The molecule has 4 nitrogen and oxygen atoms in total. The van der Waals surface area contributed by atoms with Gasteiger partial charge < -0.3 is 15.7 Å². The molecule has 3 unspecified atom stereocenters. The normalized spacial score (nSPS) is 24.7. The Labute approximate surface area is 123 Å². The Balaban J connectivity index is 2.71. The van der Waals surface area contributed by atoms with E-state index in [1.54, 1.807) is 0 Å². The van der Waals surface area contributed by atoms with Gasteiger partial charge in [-0.2, -0.15) is 0 Å². The predicted octanol–water partition coefficient (Wildman–Crippen LogP) is 2.15. The Kier molecular flexibility index (Phi) is 7.52. The van der Waals surface area contributed by atoms with Gasteiger partial charge in [0.1, 0.15) is 0 Å². The maximum absolute atomic E-state index is 12.8. The highest BCUT2D eigenvalue weighted by atomic mass is 16.3. The average molecular weight is 284 g/mol. The maximum Gasteiger partial charge on any atom is 0.226 e. The van der Waals surface area contributed by atoms with Crippen molar-refractivity contribution in [1.82, 2.24) is 4.90 Å². The molecule has 0 aromatic heterocycles. The third kappa shape index (κ3) is 4.45. The van der Waals surface area contributed by atoms with E-state index < -0.39 is 0 Å². The number of hydrogen-bond acceptors (Lipinski definition) is 3. The largest absolute Gasteiger partial charge is 0.395 e. The molecule has 0 aromatic rings. The Hall–Kier alpha value is -0.610. The van der Waals surface area contributed by atoms with Gasteiger partial charge in [-0.3, -0.25) is 4.79 Å². The average Bonchev–Trinajstić information content (AvgIpc) is 2.46. The van der Waals surface area contributed by atoms with Crippen LogP contribution in [0.15, 0.2) is 0 Å². The van der Waals surface area contributed by atoms with E-state index in [2.05, 4.69) is 13.8 Å². The summed E-state index contributed by atoms with van der Waals surface area (Å²) in [5, 5.41) is 9.25. The van der Waals surface area contributed by atoms with Gasteiger partial charge >= 0.3 is 0 Å². The number of rotatable bonds is 7. The quantitative estimate of drug-likeness (QED) is 0.753. The molecule has 1 fully saturated rings. The molecule has 0 saturated heterocycles. The fraction of sp³-hybridized carbons (Fsp3) is 0.938. The van der Waals surface area contributed by atoms with Crippen molar-refractivity contribution in [2.75, 3.05) is 13.2 Å². The molecule has 0 aromatic carbocycles. The molecule has 118 valence electrons. The molecule has 1 rings (SSSR count). The molecule has 0 bridgehead atoms. The van der Waals surface area contributed by atoms with Crippen LogP contribution in [0.25, 0.3) is 0 Å². The van der Waals surface area contributed by atoms with E-state index in [0.717, 1.165) is 38.5 Å². The lowest BCUT2D eigenvalue weighted by molar-refractivity contribution is -0.140. The summed E-state index contributed by atoms with van der Waals surface area (Å²) in [6, 6.07) is 0.498. The summed E-state index contributed by atoms with van der Waals surface area (Å²) < 4.78 is 0. The molecule has 1 aliphatic carbocycles. The van der Waals surface area contributed by atoms with Gasteiger partial charge in [0.2, 0.25) is 5.91 Å². The first-order valence-corrected chi connectivity index (χ1v) is 8.21. The number of hydrogen-bond donors (Lipinski definition) is 2. The fourth-order valence-corrected chi connectivity index (χ4v) is 3.49. The van der Waals surface area contributed by atoms with E-state index >= 15 is 0 Å². The molecule has 1 amide bonds. The van der Waals surface area contributed by atoms with Crippen molar-refractivity contribution in [3.05, 3.63) is 0 Å². The second-order valence-electron chi connectivity index (χ2n) is 6.20. The van der Waals surface area contributed by atoms with Crippen molar-refractivity contribution in [3.8, 4) is 0 Å². The molecular formula is C16H32N2O2. The SMILES string of the molecule is CCC(CC)N(CCO)C(=O)C(C)C1CCCC(N)C1. The van der Waals surface area contributed by atoms with Crippen LogP contribution in [0, 0.1) is 11.8 Å². The van der Waals surface area contributed by atoms with E-state index in [0.29, 0.717) is 12.5 Å². The van der Waals surface area contributed by atoms with Crippen LogP contribution in [-0.4, -0.2) is 41.1 Å². The topological polar surface area (TPSA) is 66.6 Å². The van der Waals surface area contributed by atoms with Crippen molar-refractivity contribution < 1.29 is 9.90 Å². The van der Waals surface area contributed by atoms with E-state index in [-0.39, 0.29) is 30.5 Å². The lowest BCUT2D eigenvalue weighted by Crippen LogP contribution is -2.46. The summed E-state index contributed by atoms with van der Waals surface area (Å²) in [6.45, 7) is 6.74. The molecule has 0 heterocycles. The minimum Gasteiger partial charge on any atom is -0.395 e. The van der Waals surface area contributed by atoms with Gasteiger partial charge in [0.15, 0.2) is 0 Å². The summed E-state index contributed by atoms with van der Waals surface area (Å²) in [7, 11) is 0. The molecular weight excluding hydrogens is 252 g/mol. The van der Waals surface area contributed by atoms with Crippen LogP contribution in [0.3, 0.4) is 0 Å². The van der Waals surface area contributed by atoms with Crippen LogP contribution in [0.5, 0.6) is 0 Å². The zero-order valence-corrected chi connectivity index (χ0v) is 13.3. The summed E-state index contributed by atoms with van der Waals surface area (Å²) >= 11 is 0. The third-order valence-electron chi connectivity index (χ3n) is 4.86. The summed E-state index contributed by atoms with van der Waals surface area (Å²) in [5.74, 6) is 0.627. The van der Waals surface area contributed by atoms with Crippen molar-refractivity contribution in [1.29, 1.82) is 0 Å². The second-order valence-corrected chi connectivity index (χ2v) is 6.20. The summed E-state index contributed by atoms with van der Waals surface area (Å²) in [4.78, 5) is 14.7. The Morgan fingerprint density at radius 1 is 1.35 bits per heavy atom. The summed E-state index contributed by atoms with van der Waals surface area (Å²) in [5.41, 5.74) is 6.05. The standard InChI is InChI=1S/C16H32N2O2/c1-4-15(5-2)18(9-10-19)16(20)12(3)13-7-6-8-14(17)11-13/h12-15,19H,4-11,17H2,1-3H3. The van der Waals surface area contributed by atoms with Crippen LogP contribution in [0.1, 0.15) is 59.3 Å². The molecule has 20 heavy (non-hydrogen) atoms. The Morgan fingerprint density at radius 3 is 2.50 bits per heavy atom. The Bertz CT molecular complexity index is 292. The predicted molar refractivity (Wildman–Crippen MR) is 82.3 cm³/mol. The molecule has 0 spiro atoms. The first kappa shape index (κ1) is 17.4. The van der Waals surface area contributed by atoms with Crippen LogP contribution in [0.2, 0.25) is 0 Å². The minimum atomic E-state index is 0.0218. The summed E-state index contributed by atoms with van der Waals surface area (Å²) in [6.07, 6.45) is 6.18. The number of carbonyl (C=O) groups is 1. The molecule has 0 radical (unpaired) electrons. The smallest absolute Gasteiger partial charge is 0.226 e. The van der Waals surface area contributed by atoms with Gasteiger partial charge in [-0.15, -0.1) is 0 Å². The number of nitrogens with zero attached hydrogens (tertiary/aromatic N) is 1. The van der Waals surface area contributed by atoms with Crippen molar-refractivity contribution in [2.45, 2.75) is 71.4 Å². The zero-order chi connectivity index (χ0) is 15.1. The van der Waals surface area contributed by atoms with Crippen LogP contribution in [-0.2, 0) is 4.79 Å². The van der Waals surface area contributed by atoms with Crippen LogP contribution < -0.4 is 5.73 Å². The number of carbonyl (C=O) groups excluding carboxylic acids is 1. The first-order valence-electron chi connectivity index (χ1n) is 8.21. The van der Waals surface area contributed by atoms with E-state index in [1.165, 1.54) is 0 Å². The highest BCUT2D eigenvalue weighted by molar-refractivity contribution is 5.79. The van der Waals surface area contributed by atoms with Gasteiger partial charge in [-0.1, -0.05) is 27.2 Å². The van der Waals surface area contributed by atoms with Gasteiger partial charge in [0.25, 0.3) is 0 Å². The second kappa shape index (κ2) is 8.63. The van der Waals surface area contributed by atoms with Gasteiger partial charge in [0.05, 0.1) is 6.61 Å². The van der Waals surface area contributed by atoms with E-state index in [1.807, 2.05) is 11.8 Å². The fourth-order valence-electron chi connectivity index (χ4n) is 3.49. The number of aliphatic hydroxyl groups excluding tert-OH is 1. The highest BCUT2D eigenvalue weighted by Crippen LogP contribution is 2.31. The zero-order valence-electron chi connectivity index (χ0n) is 13.3. The minimum absolute atomic E-state index is 0.0218. The molecule has 1 saturated carbocycles. The lowest BCUT2D eigenvalue weighted by atomic mass is 9.78. The van der Waals surface area contributed by atoms with E-state index in [4.69, 9.17) is 5.73 Å². The number of aliphatic hydroxyl groups is 1. The van der Waals surface area contributed by atoms with Gasteiger partial charge in [-0.25, -0.2) is 0 Å². The number of nitrogens with two attached hydrogens (primary N) is 1. The van der Waals surface area contributed by atoms with Crippen LogP contribution in [0.4, 0.5) is 0 Å². The number of amides is 1. The van der Waals surface area contributed by atoms with Crippen molar-refractivity contribution in [3.63, 3.8) is 0 Å². The molecule has 3 N–H and O–H groups in total. The van der Waals surface area contributed by atoms with Gasteiger partial charge in [0, 0.05) is 24.5 Å².